The van der Waals surface area contributed by atoms with Gasteiger partial charge in [0.25, 0.3) is 0 Å². The highest BCUT2D eigenvalue weighted by atomic mass is 16.5. The molecule has 1 saturated heterocycles. The van der Waals surface area contributed by atoms with Crippen LogP contribution in [-0.4, -0.2) is 39.8 Å². The fourth-order valence-electron chi connectivity index (χ4n) is 5.06. The Kier molecular flexibility index (Phi) is 3.39. The molecule has 27 heavy (non-hydrogen) atoms. The zero-order chi connectivity index (χ0) is 17.8. The van der Waals surface area contributed by atoms with E-state index in [-0.39, 0.29) is 5.60 Å². The van der Waals surface area contributed by atoms with E-state index in [2.05, 4.69) is 51.5 Å². The van der Waals surface area contributed by atoms with Gasteiger partial charge >= 0.3 is 0 Å². The Bertz CT molecular complexity index is 996. The quantitative estimate of drug-likeness (QED) is 0.730. The number of aromatic amines is 1. The second-order valence-electron chi connectivity index (χ2n) is 8.58. The van der Waals surface area contributed by atoms with Crippen molar-refractivity contribution in [3.05, 3.63) is 48.2 Å². The van der Waals surface area contributed by atoms with Crippen LogP contribution in [0.4, 0.5) is 0 Å². The topological polar surface area (TPSA) is 41.2 Å². The van der Waals surface area contributed by atoms with E-state index >= 15 is 0 Å². The Morgan fingerprint density at radius 2 is 1.85 bits per heavy atom. The van der Waals surface area contributed by atoms with Crippen molar-refractivity contribution in [3.8, 4) is 16.9 Å². The molecule has 3 aliphatic rings. The van der Waals surface area contributed by atoms with E-state index in [0.717, 1.165) is 42.0 Å². The Morgan fingerprint density at radius 3 is 2.67 bits per heavy atom. The molecule has 0 bridgehead atoms. The van der Waals surface area contributed by atoms with E-state index < -0.39 is 0 Å². The van der Waals surface area contributed by atoms with Gasteiger partial charge in [0.05, 0.1) is 11.7 Å². The number of nitrogens with one attached hydrogen (secondary N) is 1. The number of fused-ring (bicyclic) bond motifs is 2. The number of piperidine rings is 1. The Morgan fingerprint density at radius 1 is 1.04 bits per heavy atom. The normalized spacial score (nSPS) is 21.9. The highest BCUT2D eigenvalue weighted by molar-refractivity contribution is 5.84. The van der Waals surface area contributed by atoms with Gasteiger partial charge in [-0.05, 0) is 53.8 Å². The van der Waals surface area contributed by atoms with Crippen molar-refractivity contribution >= 4 is 10.9 Å². The van der Waals surface area contributed by atoms with Crippen molar-refractivity contribution in [1.82, 2.24) is 15.1 Å². The molecule has 2 aromatic carbocycles. The largest absolute Gasteiger partial charge is 0.487 e. The number of H-pyrrole nitrogens is 1. The van der Waals surface area contributed by atoms with Crippen molar-refractivity contribution < 1.29 is 4.74 Å². The Hall–Kier alpha value is -2.33. The van der Waals surface area contributed by atoms with Crippen LogP contribution < -0.4 is 4.74 Å². The Labute approximate surface area is 159 Å². The number of nitrogens with zero attached hydrogens (tertiary/aromatic N) is 2. The predicted octanol–water partition coefficient (Wildman–Crippen LogP) is 4.55. The van der Waals surface area contributed by atoms with E-state index in [1.54, 1.807) is 0 Å². The van der Waals surface area contributed by atoms with Crippen LogP contribution in [0.5, 0.6) is 5.75 Å². The fraction of sp³-hybridized carbons (Fsp3) is 0.435. The minimum atomic E-state index is 0.0374. The molecular formula is C23H25N3O. The van der Waals surface area contributed by atoms with E-state index in [1.165, 1.54) is 49.0 Å². The lowest BCUT2D eigenvalue weighted by Gasteiger charge is -2.45. The van der Waals surface area contributed by atoms with Gasteiger partial charge in [-0.2, -0.15) is 5.10 Å². The molecule has 2 fully saturated rings. The van der Waals surface area contributed by atoms with E-state index in [4.69, 9.17) is 4.74 Å². The first-order chi connectivity index (χ1) is 13.3. The van der Waals surface area contributed by atoms with Gasteiger partial charge in [-0.1, -0.05) is 18.6 Å². The van der Waals surface area contributed by atoms with Crippen molar-refractivity contribution in [2.75, 3.05) is 13.1 Å². The van der Waals surface area contributed by atoms with Gasteiger partial charge in [0.2, 0.25) is 0 Å². The molecule has 3 heterocycles. The molecule has 3 aromatic rings. The van der Waals surface area contributed by atoms with Gasteiger partial charge in [-0.3, -0.25) is 5.10 Å². The van der Waals surface area contributed by atoms with Gasteiger partial charge in [0.1, 0.15) is 11.4 Å². The van der Waals surface area contributed by atoms with Gasteiger partial charge < -0.3 is 9.64 Å². The van der Waals surface area contributed by atoms with Crippen LogP contribution in [0, 0.1) is 0 Å². The molecule has 0 radical (unpaired) electrons. The summed E-state index contributed by atoms with van der Waals surface area (Å²) in [6.45, 7) is 2.39. The first-order valence-electron chi connectivity index (χ1n) is 10.3. The molecule has 0 amide bonds. The van der Waals surface area contributed by atoms with Gasteiger partial charge in [-0.15, -0.1) is 0 Å². The van der Waals surface area contributed by atoms with Crippen LogP contribution in [0.2, 0.25) is 0 Å². The lowest BCUT2D eigenvalue weighted by molar-refractivity contribution is -0.00746. The van der Waals surface area contributed by atoms with Gasteiger partial charge in [-0.25, -0.2) is 0 Å². The summed E-state index contributed by atoms with van der Waals surface area (Å²) in [6.07, 6.45) is 9.49. The van der Waals surface area contributed by atoms with Gasteiger partial charge in [0.15, 0.2) is 0 Å². The zero-order valence-corrected chi connectivity index (χ0v) is 15.6. The van der Waals surface area contributed by atoms with E-state index in [0.29, 0.717) is 0 Å². The molecule has 138 valence electrons. The molecule has 1 aromatic heterocycles. The van der Waals surface area contributed by atoms with Crippen LogP contribution in [0.1, 0.15) is 37.7 Å². The third-order valence-electron chi connectivity index (χ3n) is 6.97. The summed E-state index contributed by atoms with van der Waals surface area (Å²) >= 11 is 0. The van der Waals surface area contributed by atoms with Gasteiger partial charge in [0, 0.05) is 43.8 Å². The third-order valence-corrected chi connectivity index (χ3v) is 6.97. The molecule has 0 unspecified atom stereocenters. The maximum Gasteiger partial charge on any atom is 0.123 e. The van der Waals surface area contributed by atoms with E-state index in [9.17, 15) is 0 Å². The van der Waals surface area contributed by atoms with E-state index in [1.807, 2.05) is 6.20 Å². The average molecular weight is 359 g/mol. The summed E-state index contributed by atoms with van der Waals surface area (Å²) < 4.78 is 6.52. The summed E-state index contributed by atoms with van der Waals surface area (Å²) in [4.78, 5) is 2.70. The highest BCUT2D eigenvalue weighted by Gasteiger charge is 2.43. The zero-order valence-electron chi connectivity index (χ0n) is 15.6. The lowest BCUT2D eigenvalue weighted by atomic mass is 9.83. The van der Waals surface area contributed by atoms with Crippen LogP contribution >= 0.6 is 0 Å². The molecule has 1 spiro atoms. The molecule has 2 aliphatic heterocycles. The first-order valence-corrected chi connectivity index (χ1v) is 10.3. The number of rotatable bonds is 2. The minimum absolute atomic E-state index is 0.0374. The highest BCUT2D eigenvalue weighted by Crippen LogP contribution is 2.43. The second-order valence-corrected chi connectivity index (χ2v) is 8.58. The van der Waals surface area contributed by atoms with Crippen molar-refractivity contribution in [2.24, 2.45) is 0 Å². The maximum absolute atomic E-state index is 6.52. The van der Waals surface area contributed by atoms with Crippen LogP contribution in [0.3, 0.4) is 0 Å². The number of ether oxygens (including phenoxy) is 1. The first kappa shape index (κ1) is 15.7. The molecule has 0 atom stereocenters. The predicted molar refractivity (Wildman–Crippen MR) is 107 cm³/mol. The fourth-order valence-corrected chi connectivity index (χ4v) is 5.06. The number of hydrogen-bond acceptors (Lipinski definition) is 3. The molecular weight excluding hydrogens is 334 g/mol. The molecule has 6 rings (SSSR count). The summed E-state index contributed by atoms with van der Waals surface area (Å²) in [7, 11) is 0. The number of likely N-dealkylation sites (tertiary alicyclic amines) is 1. The Balaban J connectivity index is 1.24. The summed E-state index contributed by atoms with van der Waals surface area (Å²) in [6, 6.07) is 14.1. The smallest absolute Gasteiger partial charge is 0.123 e. The molecule has 1 aliphatic carbocycles. The SMILES string of the molecule is c1cc2c(cc1-c1ccc3[nH]ncc3c1)CC1(CCN(C3CCC3)CC1)O2. The van der Waals surface area contributed by atoms with Crippen molar-refractivity contribution in [2.45, 2.75) is 50.2 Å². The number of hydrogen-bond donors (Lipinski definition) is 1. The maximum atomic E-state index is 6.52. The monoisotopic (exact) mass is 359 g/mol. The standard InChI is InChI=1S/C23H25N3O/c1-2-20(3-1)26-10-8-23(9-11-26)14-18-12-17(5-7-22(18)27-23)16-4-6-21-19(13-16)15-24-25-21/h4-7,12-13,15,20H,1-3,8-11,14H2,(H,24,25). The summed E-state index contributed by atoms with van der Waals surface area (Å²) in [5.41, 5.74) is 5.00. The van der Waals surface area contributed by atoms with Crippen LogP contribution in [0.25, 0.3) is 22.0 Å². The molecule has 4 nitrogen and oxygen atoms in total. The second kappa shape index (κ2) is 5.83. The van der Waals surface area contributed by atoms with Crippen molar-refractivity contribution in [1.29, 1.82) is 0 Å². The van der Waals surface area contributed by atoms with Crippen LogP contribution in [-0.2, 0) is 6.42 Å². The number of benzene rings is 2. The average Bonchev–Trinajstić information content (AvgIpc) is 3.25. The van der Waals surface area contributed by atoms with Crippen molar-refractivity contribution in [3.63, 3.8) is 0 Å². The summed E-state index contributed by atoms with van der Waals surface area (Å²) in [5, 5.41) is 8.31. The minimum Gasteiger partial charge on any atom is -0.487 e. The number of aromatic nitrogens is 2. The summed E-state index contributed by atoms with van der Waals surface area (Å²) in [5.74, 6) is 1.10. The molecule has 1 N–H and O–H groups in total. The molecule has 4 heteroatoms. The lowest BCUT2D eigenvalue weighted by Crippen LogP contribution is -2.52. The van der Waals surface area contributed by atoms with Crippen LogP contribution in [0.15, 0.2) is 42.6 Å². The third kappa shape index (κ3) is 2.58. The molecule has 1 saturated carbocycles.